The van der Waals surface area contributed by atoms with Gasteiger partial charge in [-0.2, -0.15) is 0 Å². The molecular weight excluding hydrogens is 296 g/mol. The molecule has 0 unspecified atom stereocenters. The molecule has 23 heavy (non-hydrogen) atoms. The van der Waals surface area contributed by atoms with E-state index in [0.717, 1.165) is 0 Å². The van der Waals surface area contributed by atoms with Gasteiger partial charge in [-0.15, -0.1) is 0 Å². The predicted octanol–water partition coefficient (Wildman–Crippen LogP) is 3.31. The van der Waals surface area contributed by atoms with Crippen molar-refractivity contribution >= 4 is 11.9 Å². The monoisotopic (exact) mass is 314 g/mol. The lowest BCUT2D eigenvalue weighted by Crippen LogP contribution is -1.97. The fourth-order valence-corrected chi connectivity index (χ4v) is 2.18. The van der Waals surface area contributed by atoms with Crippen molar-refractivity contribution in [1.82, 2.24) is 0 Å². The van der Waals surface area contributed by atoms with Crippen molar-refractivity contribution in [3.63, 3.8) is 0 Å². The van der Waals surface area contributed by atoms with Gasteiger partial charge < -0.3 is 19.3 Å². The zero-order valence-corrected chi connectivity index (χ0v) is 13.2. The summed E-state index contributed by atoms with van der Waals surface area (Å²) in [6.07, 6.45) is 3.05. The molecule has 5 nitrogen and oxygen atoms in total. The molecule has 0 bridgehead atoms. The topological polar surface area (TPSA) is 65.0 Å². The zero-order chi connectivity index (χ0) is 16.8. The average molecular weight is 314 g/mol. The molecule has 2 aromatic carbocycles. The summed E-state index contributed by atoms with van der Waals surface area (Å²) in [5.41, 5.74) is 1.08. The lowest BCUT2D eigenvalue weighted by Gasteiger charge is -2.13. The van der Waals surface area contributed by atoms with Crippen molar-refractivity contribution in [3.05, 3.63) is 53.6 Å². The predicted molar refractivity (Wildman–Crippen MR) is 87.6 cm³/mol. The van der Waals surface area contributed by atoms with E-state index in [0.29, 0.717) is 28.4 Å². The Balaban J connectivity index is 2.34. The first-order valence-electron chi connectivity index (χ1n) is 6.91. The van der Waals surface area contributed by atoms with Gasteiger partial charge in [0.15, 0.2) is 17.3 Å². The van der Waals surface area contributed by atoms with Gasteiger partial charge in [-0.3, -0.25) is 4.79 Å². The summed E-state index contributed by atoms with van der Waals surface area (Å²) in [6.45, 7) is 0. The number of carbonyl (C=O) groups is 1. The molecule has 120 valence electrons. The Morgan fingerprint density at radius 2 is 1.74 bits per heavy atom. The highest BCUT2D eigenvalue weighted by Crippen LogP contribution is 2.40. The quantitative estimate of drug-likeness (QED) is 0.654. The molecule has 0 heterocycles. The third-order valence-corrected chi connectivity index (χ3v) is 3.28. The van der Waals surface area contributed by atoms with E-state index in [4.69, 9.17) is 14.2 Å². The Morgan fingerprint density at radius 1 is 1.00 bits per heavy atom. The molecule has 0 aliphatic heterocycles. The van der Waals surface area contributed by atoms with Gasteiger partial charge >= 0.3 is 0 Å². The van der Waals surface area contributed by atoms with E-state index in [2.05, 4.69) is 0 Å². The number of ketones is 1. The van der Waals surface area contributed by atoms with Crippen molar-refractivity contribution < 1.29 is 24.1 Å². The van der Waals surface area contributed by atoms with Crippen molar-refractivity contribution in [2.45, 2.75) is 0 Å². The number of hydrogen-bond acceptors (Lipinski definition) is 5. The molecule has 0 spiro atoms. The van der Waals surface area contributed by atoms with Crippen LogP contribution in [0.4, 0.5) is 0 Å². The molecule has 0 aromatic heterocycles. The van der Waals surface area contributed by atoms with Gasteiger partial charge in [-0.1, -0.05) is 12.1 Å². The third-order valence-electron chi connectivity index (χ3n) is 3.28. The van der Waals surface area contributed by atoms with Crippen LogP contribution in [0.3, 0.4) is 0 Å². The summed E-state index contributed by atoms with van der Waals surface area (Å²) >= 11 is 0. The van der Waals surface area contributed by atoms with Crippen LogP contribution in [0.15, 0.2) is 42.5 Å². The van der Waals surface area contributed by atoms with Crippen LogP contribution in [0.2, 0.25) is 0 Å². The first kappa shape index (κ1) is 16.4. The Kier molecular flexibility index (Phi) is 5.25. The summed E-state index contributed by atoms with van der Waals surface area (Å²) in [5, 5.41) is 9.43. The highest BCUT2D eigenvalue weighted by Gasteiger charge is 2.14. The second kappa shape index (κ2) is 7.35. The number of methoxy groups -OCH3 is 3. The van der Waals surface area contributed by atoms with Crippen LogP contribution < -0.4 is 14.2 Å². The third kappa shape index (κ3) is 3.63. The molecule has 2 aromatic rings. The van der Waals surface area contributed by atoms with E-state index < -0.39 is 0 Å². The van der Waals surface area contributed by atoms with Crippen LogP contribution in [-0.2, 0) is 0 Å². The molecule has 0 saturated carbocycles. The Labute approximate surface area is 134 Å². The lowest BCUT2D eigenvalue weighted by atomic mass is 10.1. The van der Waals surface area contributed by atoms with Crippen LogP contribution in [0.1, 0.15) is 15.9 Å². The van der Waals surface area contributed by atoms with Crippen LogP contribution in [0.5, 0.6) is 23.0 Å². The highest BCUT2D eigenvalue weighted by atomic mass is 16.5. The van der Waals surface area contributed by atoms with Crippen LogP contribution in [0.25, 0.3) is 6.08 Å². The zero-order valence-electron chi connectivity index (χ0n) is 13.2. The summed E-state index contributed by atoms with van der Waals surface area (Å²) in [4.78, 5) is 12.2. The summed E-state index contributed by atoms with van der Waals surface area (Å²) < 4.78 is 15.9. The standard InChI is InChI=1S/C18H18O5/c1-21-16-10-8-12(17(22-2)18(16)23-3)7-9-15(20)13-5-4-6-14(19)11-13/h4-11,19H,1-3H3. The van der Waals surface area contributed by atoms with Gasteiger partial charge in [0.2, 0.25) is 5.75 Å². The Hall–Kier alpha value is -2.95. The van der Waals surface area contributed by atoms with Crippen LogP contribution >= 0.6 is 0 Å². The Morgan fingerprint density at radius 3 is 2.35 bits per heavy atom. The lowest BCUT2D eigenvalue weighted by molar-refractivity contribution is 0.104. The average Bonchev–Trinajstić information content (AvgIpc) is 2.58. The summed E-state index contributed by atoms with van der Waals surface area (Å²) in [5.74, 6) is 1.31. The number of hydrogen-bond donors (Lipinski definition) is 1. The minimum Gasteiger partial charge on any atom is -0.508 e. The second-order valence-electron chi connectivity index (χ2n) is 4.67. The number of ether oxygens (including phenoxy) is 3. The molecule has 0 atom stereocenters. The van der Waals surface area contributed by atoms with Gasteiger partial charge in [0.05, 0.1) is 21.3 Å². The Bertz CT molecular complexity index is 734. The molecule has 0 aliphatic carbocycles. The minimum absolute atomic E-state index is 0.0490. The second-order valence-corrected chi connectivity index (χ2v) is 4.67. The van der Waals surface area contributed by atoms with Crippen LogP contribution in [0, 0.1) is 0 Å². The molecule has 0 amide bonds. The van der Waals surface area contributed by atoms with Gasteiger partial charge in [-0.25, -0.2) is 0 Å². The molecule has 0 radical (unpaired) electrons. The number of allylic oxidation sites excluding steroid dienone is 1. The van der Waals surface area contributed by atoms with Gasteiger partial charge in [0.25, 0.3) is 0 Å². The molecule has 0 fully saturated rings. The number of aromatic hydroxyl groups is 1. The minimum atomic E-state index is -0.224. The maximum atomic E-state index is 12.2. The van der Waals surface area contributed by atoms with E-state index in [1.807, 2.05) is 0 Å². The van der Waals surface area contributed by atoms with Crippen molar-refractivity contribution in [2.24, 2.45) is 0 Å². The first-order valence-corrected chi connectivity index (χ1v) is 6.91. The van der Waals surface area contributed by atoms with Crippen LogP contribution in [-0.4, -0.2) is 32.2 Å². The maximum absolute atomic E-state index is 12.2. The fourth-order valence-electron chi connectivity index (χ4n) is 2.18. The van der Waals surface area contributed by atoms with Crippen molar-refractivity contribution in [2.75, 3.05) is 21.3 Å². The number of phenols is 1. The van der Waals surface area contributed by atoms with Gasteiger partial charge in [0, 0.05) is 11.1 Å². The van der Waals surface area contributed by atoms with Crippen molar-refractivity contribution in [1.29, 1.82) is 0 Å². The van der Waals surface area contributed by atoms with Crippen molar-refractivity contribution in [3.8, 4) is 23.0 Å². The van der Waals surface area contributed by atoms with E-state index in [-0.39, 0.29) is 11.5 Å². The number of carbonyl (C=O) groups excluding carboxylic acids is 1. The summed E-state index contributed by atoms with van der Waals surface area (Å²) in [7, 11) is 4.58. The first-order chi connectivity index (χ1) is 11.1. The molecular formula is C18H18O5. The normalized spacial score (nSPS) is 10.6. The van der Waals surface area contributed by atoms with E-state index in [1.165, 1.54) is 39.5 Å². The maximum Gasteiger partial charge on any atom is 0.203 e. The highest BCUT2D eigenvalue weighted by molar-refractivity contribution is 6.07. The van der Waals surface area contributed by atoms with Gasteiger partial charge in [-0.05, 0) is 36.4 Å². The molecule has 5 heteroatoms. The summed E-state index contributed by atoms with van der Waals surface area (Å²) in [6, 6.07) is 9.69. The molecule has 2 rings (SSSR count). The molecule has 0 saturated heterocycles. The smallest absolute Gasteiger partial charge is 0.203 e. The van der Waals surface area contributed by atoms with E-state index >= 15 is 0 Å². The SMILES string of the molecule is COc1ccc(C=CC(=O)c2cccc(O)c2)c(OC)c1OC. The number of rotatable bonds is 6. The molecule has 1 N–H and O–H groups in total. The van der Waals surface area contributed by atoms with E-state index in [9.17, 15) is 9.90 Å². The largest absolute Gasteiger partial charge is 0.508 e. The number of benzene rings is 2. The van der Waals surface area contributed by atoms with E-state index in [1.54, 1.807) is 30.3 Å². The number of phenolic OH excluding ortho intramolecular Hbond substituents is 1. The molecule has 0 aliphatic rings. The fraction of sp³-hybridized carbons (Fsp3) is 0.167. The van der Waals surface area contributed by atoms with Gasteiger partial charge in [0.1, 0.15) is 5.75 Å².